The Hall–Kier alpha value is -0.840. The van der Waals surface area contributed by atoms with Crippen LogP contribution in [0.4, 0.5) is 0 Å². The standard InChI is InChI=1S/C11H14ClN3S/c1-7-11(9-4-5-10(12)16-9)8(6-13-2)15(3)14-7/h4-5,13H,6H2,1-3H3. The van der Waals surface area contributed by atoms with Gasteiger partial charge in [0.1, 0.15) is 0 Å². The quantitative estimate of drug-likeness (QED) is 0.914. The van der Waals surface area contributed by atoms with E-state index < -0.39 is 0 Å². The third-order valence-corrected chi connectivity index (χ3v) is 3.75. The zero-order valence-electron chi connectivity index (χ0n) is 9.54. The fourth-order valence-corrected chi connectivity index (χ4v) is 3.01. The summed E-state index contributed by atoms with van der Waals surface area (Å²) in [5, 5.41) is 7.62. The predicted octanol–water partition coefficient (Wildman–Crippen LogP) is 2.83. The molecule has 86 valence electrons. The lowest BCUT2D eigenvalue weighted by molar-refractivity contribution is 0.669. The second-order valence-electron chi connectivity index (χ2n) is 3.66. The van der Waals surface area contributed by atoms with E-state index in [-0.39, 0.29) is 0 Å². The van der Waals surface area contributed by atoms with Crippen molar-refractivity contribution in [2.24, 2.45) is 7.05 Å². The summed E-state index contributed by atoms with van der Waals surface area (Å²) in [6.45, 7) is 2.84. The molecule has 0 saturated heterocycles. The first-order valence-electron chi connectivity index (χ1n) is 5.06. The fourth-order valence-electron chi connectivity index (χ4n) is 1.85. The third-order valence-electron chi connectivity index (χ3n) is 2.50. The number of aryl methyl sites for hydroxylation is 2. The van der Waals surface area contributed by atoms with Gasteiger partial charge in [-0.25, -0.2) is 0 Å². The molecule has 0 aliphatic heterocycles. The molecule has 1 N–H and O–H groups in total. The number of halogens is 1. The van der Waals surface area contributed by atoms with Crippen LogP contribution in [0.3, 0.4) is 0 Å². The molecule has 2 aromatic rings. The maximum Gasteiger partial charge on any atom is 0.0934 e. The van der Waals surface area contributed by atoms with Crippen LogP contribution in [0.5, 0.6) is 0 Å². The van der Waals surface area contributed by atoms with E-state index in [1.165, 1.54) is 16.1 Å². The molecule has 0 aliphatic rings. The van der Waals surface area contributed by atoms with E-state index in [0.29, 0.717) is 0 Å². The summed E-state index contributed by atoms with van der Waals surface area (Å²) in [4.78, 5) is 1.18. The molecule has 2 aromatic heterocycles. The number of hydrogen-bond donors (Lipinski definition) is 1. The second-order valence-corrected chi connectivity index (χ2v) is 5.38. The second kappa shape index (κ2) is 4.57. The summed E-state index contributed by atoms with van der Waals surface area (Å²) in [5.41, 5.74) is 3.44. The lowest BCUT2D eigenvalue weighted by Crippen LogP contribution is -2.10. The van der Waals surface area contributed by atoms with E-state index in [0.717, 1.165) is 16.6 Å². The van der Waals surface area contributed by atoms with E-state index in [2.05, 4.69) is 16.5 Å². The van der Waals surface area contributed by atoms with Crippen molar-refractivity contribution >= 4 is 22.9 Å². The van der Waals surface area contributed by atoms with Crippen molar-refractivity contribution in [3.05, 3.63) is 27.9 Å². The Kier molecular flexibility index (Phi) is 3.33. The van der Waals surface area contributed by atoms with Crippen LogP contribution in [0.25, 0.3) is 10.4 Å². The Bertz CT molecular complexity index is 501. The Labute approximate surface area is 104 Å². The molecule has 0 unspecified atom stereocenters. The Morgan fingerprint density at radius 3 is 2.81 bits per heavy atom. The summed E-state index contributed by atoms with van der Waals surface area (Å²) >= 11 is 7.57. The SMILES string of the molecule is CNCc1c(-c2ccc(Cl)s2)c(C)nn1C. The maximum absolute atomic E-state index is 5.97. The topological polar surface area (TPSA) is 29.9 Å². The van der Waals surface area contributed by atoms with Crippen LogP contribution in [0.2, 0.25) is 4.34 Å². The summed E-state index contributed by atoms with van der Waals surface area (Å²) in [6.07, 6.45) is 0. The van der Waals surface area contributed by atoms with Crippen LogP contribution in [0.15, 0.2) is 12.1 Å². The Morgan fingerprint density at radius 1 is 1.50 bits per heavy atom. The van der Waals surface area contributed by atoms with Gasteiger partial charge >= 0.3 is 0 Å². The molecular weight excluding hydrogens is 242 g/mol. The molecule has 0 radical (unpaired) electrons. The van der Waals surface area contributed by atoms with Gasteiger partial charge in [-0.15, -0.1) is 11.3 Å². The lowest BCUT2D eigenvalue weighted by atomic mass is 10.1. The molecule has 0 saturated carbocycles. The van der Waals surface area contributed by atoms with Gasteiger partial charge in [0, 0.05) is 24.0 Å². The number of nitrogens with one attached hydrogen (secondary N) is 1. The van der Waals surface area contributed by atoms with Crippen molar-refractivity contribution in [1.82, 2.24) is 15.1 Å². The van der Waals surface area contributed by atoms with E-state index in [9.17, 15) is 0 Å². The van der Waals surface area contributed by atoms with Crippen molar-refractivity contribution in [3.63, 3.8) is 0 Å². The third kappa shape index (κ3) is 2.00. The van der Waals surface area contributed by atoms with Crippen molar-refractivity contribution in [2.45, 2.75) is 13.5 Å². The zero-order chi connectivity index (χ0) is 11.7. The summed E-state index contributed by atoms with van der Waals surface area (Å²) in [5.74, 6) is 0. The summed E-state index contributed by atoms with van der Waals surface area (Å²) < 4.78 is 2.74. The van der Waals surface area contributed by atoms with Crippen molar-refractivity contribution < 1.29 is 0 Å². The van der Waals surface area contributed by atoms with Crippen LogP contribution < -0.4 is 5.32 Å². The Balaban J connectivity index is 2.54. The molecular formula is C11H14ClN3S. The first-order valence-corrected chi connectivity index (χ1v) is 6.25. The van der Waals surface area contributed by atoms with Gasteiger partial charge in [0.15, 0.2) is 0 Å². The van der Waals surface area contributed by atoms with Gasteiger partial charge in [0.2, 0.25) is 0 Å². The van der Waals surface area contributed by atoms with Gasteiger partial charge in [0.05, 0.1) is 15.7 Å². The van der Waals surface area contributed by atoms with Gasteiger partial charge in [-0.05, 0) is 26.1 Å². The molecule has 0 fully saturated rings. The first-order chi connectivity index (χ1) is 7.63. The van der Waals surface area contributed by atoms with Crippen LogP contribution in [0.1, 0.15) is 11.4 Å². The van der Waals surface area contributed by atoms with E-state index in [4.69, 9.17) is 11.6 Å². The van der Waals surface area contributed by atoms with E-state index in [1.807, 2.05) is 31.8 Å². The van der Waals surface area contributed by atoms with Gasteiger partial charge in [-0.1, -0.05) is 11.6 Å². The monoisotopic (exact) mass is 255 g/mol. The number of aromatic nitrogens is 2. The van der Waals surface area contributed by atoms with Crippen LogP contribution in [-0.4, -0.2) is 16.8 Å². The average Bonchev–Trinajstić information content (AvgIpc) is 2.73. The highest BCUT2D eigenvalue weighted by molar-refractivity contribution is 7.19. The fraction of sp³-hybridized carbons (Fsp3) is 0.364. The molecule has 0 amide bonds. The largest absolute Gasteiger partial charge is 0.314 e. The van der Waals surface area contributed by atoms with Gasteiger partial charge in [0.25, 0.3) is 0 Å². The molecule has 3 nitrogen and oxygen atoms in total. The predicted molar refractivity (Wildman–Crippen MR) is 69.0 cm³/mol. The number of hydrogen-bond acceptors (Lipinski definition) is 3. The zero-order valence-corrected chi connectivity index (χ0v) is 11.1. The smallest absolute Gasteiger partial charge is 0.0934 e. The lowest BCUT2D eigenvalue weighted by Gasteiger charge is -2.03. The Morgan fingerprint density at radius 2 is 2.25 bits per heavy atom. The summed E-state index contributed by atoms with van der Waals surface area (Å²) in [6, 6.07) is 3.98. The molecule has 0 atom stereocenters. The van der Waals surface area contributed by atoms with Gasteiger partial charge in [-0.2, -0.15) is 5.10 Å². The number of rotatable bonds is 3. The minimum Gasteiger partial charge on any atom is -0.314 e. The molecule has 5 heteroatoms. The molecule has 0 aromatic carbocycles. The van der Waals surface area contributed by atoms with Crippen molar-refractivity contribution in [3.8, 4) is 10.4 Å². The van der Waals surface area contributed by atoms with E-state index >= 15 is 0 Å². The highest BCUT2D eigenvalue weighted by Crippen LogP contribution is 2.34. The average molecular weight is 256 g/mol. The van der Waals surface area contributed by atoms with Crippen LogP contribution in [-0.2, 0) is 13.6 Å². The van der Waals surface area contributed by atoms with Gasteiger partial charge in [-0.3, -0.25) is 4.68 Å². The minimum atomic E-state index is 0.808. The highest BCUT2D eigenvalue weighted by Gasteiger charge is 2.15. The highest BCUT2D eigenvalue weighted by atomic mass is 35.5. The molecule has 2 rings (SSSR count). The van der Waals surface area contributed by atoms with Crippen molar-refractivity contribution in [2.75, 3.05) is 7.05 Å². The maximum atomic E-state index is 5.97. The molecule has 0 spiro atoms. The van der Waals surface area contributed by atoms with Crippen molar-refractivity contribution in [1.29, 1.82) is 0 Å². The number of nitrogens with zero attached hydrogens (tertiary/aromatic N) is 2. The molecule has 0 aliphatic carbocycles. The molecule has 16 heavy (non-hydrogen) atoms. The van der Waals surface area contributed by atoms with Crippen LogP contribution >= 0.6 is 22.9 Å². The number of thiophene rings is 1. The minimum absolute atomic E-state index is 0.808. The molecule has 0 bridgehead atoms. The van der Waals surface area contributed by atoms with Crippen LogP contribution in [0, 0.1) is 6.92 Å². The summed E-state index contributed by atoms with van der Waals surface area (Å²) in [7, 11) is 3.91. The first kappa shape index (κ1) is 11.6. The van der Waals surface area contributed by atoms with E-state index in [1.54, 1.807) is 11.3 Å². The molecule has 2 heterocycles. The van der Waals surface area contributed by atoms with Gasteiger partial charge < -0.3 is 5.32 Å². The normalized spacial score (nSPS) is 11.0.